The van der Waals surface area contributed by atoms with E-state index in [0.717, 1.165) is 62.1 Å². The summed E-state index contributed by atoms with van der Waals surface area (Å²) in [4.78, 5) is 24.3. The predicted molar refractivity (Wildman–Crippen MR) is 153 cm³/mol. The van der Waals surface area contributed by atoms with E-state index in [0.29, 0.717) is 37.7 Å². The van der Waals surface area contributed by atoms with Gasteiger partial charge < -0.3 is 25.4 Å². The first-order valence-corrected chi connectivity index (χ1v) is 14.3. The molecule has 38 heavy (non-hydrogen) atoms. The van der Waals surface area contributed by atoms with Crippen molar-refractivity contribution in [2.24, 2.45) is 0 Å². The van der Waals surface area contributed by atoms with Crippen LogP contribution in [0.25, 0.3) is 0 Å². The summed E-state index contributed by atoms with van der Waals surface area (Å²) in [6.07, 6.45) is 10.8. The number of anilines is 1. The summed E-state index contributed by atoms with van der Waals surface area (Å²) in [5, 5.41) is 9.29. The second-order valence-electron chi connectivity index (χ2n) is 10.3. The lowest BCUT2D eigenvalue weighted by Gasteiger charge is -2.14. The normalized spacial score (nSPS) is 13.3. The molecule has 0 unspecified atom stereocenters. The molecule has 208 valence electrons. The second kappa shape index (κ2) is 16.6. The molecule has 7 heteroatoms. The van der Waals surface area contributed by atoms with Crippen molar-refractivity contribution in [1.29, 1.82) is 0 Å². The summed E-state index contributed by atoms with van der Waals surface area (Å²) >= 11 is 0. The van der Waals surface area contributed by atoms with Gasteiger partial charge in [0.25, 0.3) is 5.91 Å². The van der Waals surface area contributed by atoms with Crippen LogP contribution in [-0.4, -0.2) is 43.7 Å². The number of carbonyl (C=O) groups is 2. The Morgan fingerprint density at radius 2 is 1.45 bits per heavy atom. The minimum absolute atomic E-state index is 0.0578. The number of carbonyl (C=O) groups excluding carboxylic acids is 2. The van der Waals surface area contributed by atoms with Gasteiger partial charge in [0.2, 0.25) is 5.91 Å². The Morgan fingerprint density at radius 3 is 2.16 bits per heavy atom. The van der Waals surface area contributed by atoms with Crippen LogP contribution in [0.15, 0.2) is 48.5 Å². The average molecular weight is 524 g/mol. The standard InChI is InChI=1S/C31H45N3O4/c1-24(2)37-28-17-13-25(14-18-28)31(36)34-21-9-5-3-4-6-12-30(35)33-23-22-32-26-15-19-29(20-16-26)38-27-10-7-8-11-27/h13-20,24,27,32H,3-12,21-23H2,1-2H3,(H,33,35)(H,34,36). The van der Waals surface area contributed by atoms with E-state index in [1.165, 1.54) is 12.8 Å². The van der Waals surface area contributed by atoms with Crippen LogP contribution in [0.4, 0.5) is 5.69 Å². The fourth-order valence-corrected chi connectivity index (χ4v) is 4.55. The average Bonchev–Trinajstić information content (AvgIpc) is 3.42. The van der Waals surface area contributed by atoms with Crippen LogP contribution in [0.3, 0.4) is 0 Å². The first kappa shape index (κ1) is 29.3. The van der Waals surface area contributed by atoms with Crippen LogP contribution in [0.2, 0.25) is 0 Å². The maximum atomic E-state index is 12.2. The molecular formula is C31H45N3O4. The van der Waals surface area contributed by atoms with Gasteiger partial charge in [0.1, 0.15) is 11.5 Å². The number of nitrogens with one attached hydrogen (secondary N) is 3. The number of amides is 2. The molecule has 7 nitrogen and oxygen atoms in total. The van der Waals surface area contributed by atoms with Crippen molar-refractivity contribution < 1.29 is 19.1 Å². The zero-order chi connectivity index (χ0) is 27.0. The van der Waals surface area contributed by atoms with Crippen molar-refractivity contribution in [1.82, 2.24) is 10.6 Å². The number of hydrogen-bond donors (Lipinski definition) is 3. The predicted octanol–water partition coefficient (Wildman–Crippen LogP) is 6.09. The largest absolute Gasteiger partial charge is 0.491 e. The van der Waals surface area contributed by atoms with Crippen molar-refractivity contribution in [3.05, 3.63) is 54.1 Å². The fourth-order valence-electron chi connectivity index (χ4n) is 4.55. The number of unbranched alkanes of at least 4 members (excludes halogenated alkanes) is 4. The molecule has 0 saturated heterocycles. The molecule has 1 aliphatic carbocycles. The van der Waals surface area contributed by atoms with Crippen molar-refractivity contribution in [2.75, 3.05) is 25.0 Å². The van der Waals surface area contributed by atoms with E-state index in [4.69, 9.17) is 9.47 Å². The Kier molecular flexibility index (Phi) is 12.8. The van der Waals surface area contributed by atoms with Gasteiger partial charge in [-0.25, -0.2) is 0 Å². The fraction of sp³-hybridized carbons (Fsp3) is 0.548. The quantitative estimate of drug-likeness (QED) is 0.218. The Hall–Kier alpha value is -3.22. The van der Waals surface area contributed by atoms with Crippen LogP contribution in [0, 0.1) is 0 Å². The molecule has 1 fully saturated rings. The lowest BCUT2D eigenvalue weighted by atomic mass is 10.1. The maximum absolute atomic E-state index is 12.2. The highest BCUT2D eigenvalue weighted by Crippen LogP contribution is 2.25. The molecule has 2 aromatic carbocycles. The third-order valence-corrected chi connectivity index (χ3v) is 6.59. The molecule has 3 N–H and O–H groups in total. The smallest absolute Gasteiger partial charge is 0.251 e. The van der Waals surface area contributed by atoms with Crippen LogP contribution in [-0.2, 0) is 4.79 Å². The van der Waals surface area contributed by atoms with Gasteiger partial charge >= 0.3 is 0 Å². The van der Waals surface area contributed by atoms with Crippen molar-refractivity contribution in [3.8, 4) is 11.5 Å². The van der Waals surface area contributed by atoms with Crippen molar-refractivity contribution >= 4 is 17.5 Å². The van der Waals surface area contributed by atoms with Crippen LogP contribution in [0.5, 0.6) is 11.5 Å². The van der Waals surface area contributed by atoms with E-state index in [2.05, 4.69) is 16.0 Å². The minimum Gasteiger partial charge on any atom is -0.491 e. The third kappa shape index (κ3) is 11.4. The number of rotatable bonds is 17. The molecule has 0 aromatic heterocycles. The zero-order valence-corrected chi connectivity index (χ0v) is 23.1. The molecular weight excluding hydrogens is 478 g/mol. The van der Waals surface area contributed by atoms with E-state index >= 15 is 0 Å². The second-order valence-corrected chi connectivity index (χ2v) is 10.3. The van der Waals surface area contributed by atoms with Gasteiger partial charge in [-0.1, -0.05) is 19.3 Å². The molecule has 0 aliphatic heterocycles. The Balaban J connectivity index is 1.14. The van der Waals surface area contributed by atoms with Gasteiger partial charge in [0.15, 0.2) is 0 Å². The first-order valence-electron chi connectivity index (χ1n) is 14.3. The Labute approximate surface area is 228 Å². The lowest BCUT2D eigenvalue weighted by Crippen LogP contribution is -2.28. The topological polar surface area (TPSA) is 88.7 Å². The van der Waals surface area contributed by atoms with E-state index in [9.17, 15) is 9.59 Å². The highest BCUT2D eigenvalue weighted by atomic mass is 16.5. The Morgan fingerprint density at radius 1 is 0.789 bits per heavy atom. The molecule has 1 saturated carbocycles. The molecule has 0 atom stereocenters. The molecule has 3 rings (SSSR count). The van der Waals surface area contributed by atoms with Crippen molar-refractivity contribution in [3.63, 3.8) is 0 Å². The Bertz CT molecular complexity index is 954. The van der Waals surface area contributed by atoms with E-state index in [1.807, 2.05) is 50.2 Å². The number of benzene rings is 2. The monoisotopic (exact) mass is 523 g/mol. The summed E-state index contributed by atoms with van der Waals surface area (Å²) in [6.45, 7) is 5.90. The highest BCUT2D eigenvalue weighted by molar-refractivity contribution is 5.94. The molecule has 0 bridgehead atoms. The summed E-state index contributed by atoms with van der Waals surface area (Å²) in [6, 6.07) is 15.3. The summed E-state index contributed by atoms with van der Waals surface area (Å²) in [5.41, 5.74) is 1.67. The number of hydrogen-bond acceptors (Lipinski definition) is 5. The van der Waals surface area contributed by atoms with E-state index < -0.39 is 0 Å². The van der Waals surface area contributed by atoms with Gasteiger partial charge in [0, 0.05) is 37.3 Å². The molecule has 2 amide bonds. The molecule has 0 heterocycles. The number of ether oxygens (including phenoxy) is 2. The minimum atomic E-state index is -0.0578. The third-order valence-electron chi connectivity index (χ3n) is 6.59. The van der Waals surface area contributed by atoms with Gasteiger partial charge in [-0.2, -0.15) is 0 Å². The van der Waals surface area contributed by atoms with Crippen LogP contribution < -0.4 is 25.4 Å². The zero-order valence-electron chi connectivity index (χ0n) is 23.1. The lowest BCUT2D eigenvalue weighted by molar-refractivity contribution is -0.121. The van der Waals surface area contributed by atoms with Gasteiger partial charge in [-0.15, -0.1) is 0 Å². The van der Waals surface area contributed by atoms with E-state index in [1.54, 1.807) is 12.1 Å². The molecule has 1 aliphatic rings. The van der Waals surface area contributed by atoms with E-state index in [-0.39, 0.29) is 17.9 Å². The maximum Gasteiger partial charge on any atom is 0.251 e. The van der Waals surface area contributed by atoms with Crippen LogP contribution >= 0.6 is 0 Å². The summed E-state index contributed by atoms with van der Waals surface area (Å²) in [5.74, 6) is 1.74. The molecule has 2 aromatic rings. The first-order chi connectivity index (χ1) is 18.5. The molecule has 0 spiro atoms. The summed E-state index contributed by atoms with van der Waals surface area (Å²) < 4.78 is 11.6. The van der Waals surface area contributed by atoms with Crippen LogP contribution in [0.1, 0.15) is 88.4 Å². The summed E-state index contributed by atoms with van der Waals surface area (Å²) in [7, 11) is 0. The SMILES string of the molecule is CC(C)Oc1ccc(C(=O)NCCCCCCCC(=O)NCCNc2ccc(OC3CCCC3)cc2)cc1. The van der Waals surface area contributed by atoms with Gasteiger partial charge in [-0.05, 0) is 101 Å². The molecule has 0 radical (unpaired) electrons. The van der Waals surface area contributed by atoms with Gasteiger partial charge in [0.05, 0.1) is 12.2 Å². The highest BCUT2D eigenvalue weighted by Gasteiger charge is 2.16. The van der Waals surface area contributed by atoms with Gasteiger partial charge in [-0.3, -0.25) is 9.59 Å². The van der Waals surface area contributed by atoms with Crippen molar-refractivity contribution in [2.45, 2.75) is 90.3 Å².